The van der Waals surface area contributed by atoms with Gasteiger partial charge in [-0.05, 0) is 5.56 Å². The zero-order valence-corrected chi connectivity index (χ0v) is 9.83. The topological polar surface area (TPSA) is 59.9 Å². The minimum atomic E-state index is -0.513. The van der Waals surface area contributed by atoms with E-state index in [0.29, 0.717) is 19.6 Å². The van der Waals surface area contributed by atoms with Crippen LogP contribution in [0.25, 0.3) is 0 Å². The molecule has 0 saturated carbocycles. The van der Waals surface area contributed by atoms with E-state index in [-0.39, 0.29) is 11.9 Å². The number of nitrogens with one attached hydrogen (secondary N) is 1. The molecule has 0 spiro atoms. The molecule has 5 heteroatoms. The molecule has 0 aliphatic carbocycles. The van der Waals surface area contributed by atoms with Crippen LogP contribution in [0.2, 0.25) is 0 Å². The number of rotatable bonds is 3. The van der Waals surface area contributed by atoms with E-state index in [2.05, 4.69) is 10.5 Å². The van der Waals surface area contributed by atoms with Crippen LogP contribution in [-0.2, 0) is 14.4 Å². The summed E-state index contributed by atoms with van der Waals surface area (Å²) >= 11 is 0. The average Bonchev–Trinajstić information content (AvgIpc) is 2.84. The van der Waals surface area contributed by atoms with Crippen molar-refractivity contribution in [1.29, 1.82) is 0 Å². The van der Waals surface area contributed by atoms with Crippen LogP contribution in [0.15, 0.2) is 35.5 Å². The second-order valence-corrected chi connectivity index (χ2v) is 4.45. The molecule has 5 nitrogen and oxygen atoms in total. The highest BCUT2D eigenvalue weighted by Gasteiger charge is 2.31. The molecular formula is C13H14N2O3. The maximum atomic E-state index is 11.9. The van der Waals surface area contributed by atoms with Crippen LogP contribution >= 0.6 is 0 Å². The summed E-state index contributed by atoms with van der Waals surface area (Å²) in [5, 5.41) is 6.85. The van der Waals surface area contributed by atoms with E-state index in [1.54, 1.807) is 0 Å². The normalized spacial score (nSPS) is 22.9. The third kappa shape index (κ3) is 2.22. The van der Waals surface area contributed by atoms with Gasteiger partial charge in [0.05, 0.1) is 25.0 Å². The Labute approximate surface area is 105 Å². The molecule has 1 aromatic carbocycles. The number of benzene rings is 1. The van der Waals surface area contributed by atoms with E-state index in [1.807, 2.05) is 30.3 Å². The smallest absolute Gasteiger partial charge is 0.264 e. The molecule has 1 N–H and O–H groups in total. The zero-order chi connectivity index (χ0) is 12.4. The number of hydrogen-bond donors (Lipinski definition) is 1. The maximum absolute atomic E-state index is 11.9. The molecule has 2 aliphatic rings. The first-order valence-electron chi connectivity index (χ1n) is 5.99. The van der Waals surface area contributed by atoms with Crippen molar-refractivity contribution in [3.8, 4) is 0 Å². The average molecular weight is 246 g/mol. The van der Waals surface area contributed by atoms with E-state index in [0.717, 1.165) is 11.3 Å². The van der Waals surface area contributed by atoms with E-state index in [1.165, 1.54) is 0 Å². The predicted octanol–water partition coefficient (Wildman–Crippen LogP) is 0.695. The summed E-state index contributed by atoms with van der Waals surface area (Å²) in [6.45, 7) is 1.18. The number of carbonyl (C=O) groups is 1. The molecule has 94 valence electrons. The zero-order valence-electron chi connectivity index (χ0n) is 9.83. The van der Waals surface area contributed by atoms with Gasteiger partial charge in [0.15, 0.2) is 0 Å². The van der Waals surface area contributed by atoms with Crippen LogP contribution in [0.4, 0.5) is 0 Å². The summed E-state index contributed by atoms with van der Waals surface area (Å²) in [6, 6.07) is 9.88. The van der Waals surface area contributed by atoms with Crippen LogP contribution in [-0.4, -0.2) is 37.0 Å². The highest BCUT2D eigenvalue weighted by molar-refractivity contribution is 6.04. The molecule has 0 bridgehead atoms. The standard InChI is InChI=1S/C13H14N2O3/c16-13(14-10-7-17-8-10)12-6-11(15-18-12)9-4-2-1-3-5-9/h1-5,10,12H,6-8H2,(H,14,16). The molecule has 1 unspecified atom stereocenters. The van der Waals surface area contributed by atoms with Crippen molar-refractivity contribution >= 4 is 11.6 Å². The van der Waals surface area contributed by atoms with Crippen molar-refractivity contribution in [3.63, 3.8) is 0 Å². The highest BCUT2D eigenvalue weighted by atomic mass is 16.6. The van der Waals surface area contributed by atoms with Crippen LogP contribution < -0.4 is 5.32 Å². The molecule has 3 rings (SSSR count). The van der Waals surface area contributed by atoms with Gasteiger partial charge in [-0.3, -0.25) is 4.79 Å². The lowest BCUT2D eigenvalue weighted by atomic mass is 10.0. The van der Waals surface area contributed by atoms with Crippen molar-refractivity contribution in [2.45, 2.75) is 18.6 Å². The van der Waals surface area contributed by atoms with Crippen molar-refractivity contribution < 1.29 is 14.4 Å². The van der Waals surface area contributed by atoms with Gasteiger partial charge in [-0.15, -0.1) is 0 Å². The summed E-state index contributed by atoms with van der Waals surface area (Å²) in [5.41, 5.74) is 1.82. The Balaban J connectivity index is 1.58. The number of oxime groups is 1. The molecule has 1 fully saturated rings. The summed E-state index contributed by atoms with van der Waals surface area (Å²) in [4.78, 5) is 17.0. The maximum Gasteiger partial charge on any atom is 0.264 e. The number of nitrogens with zero attached hydrogens (tertiary/aromatic N) is 1. The van der Waals surface area contributed by atoms with Crippen molar-refractivity contribution in [1.82, 2.24) is 5.32 Å². The summed E-state index contributed by atoms with van der Waals surface area (Å²) in [6.07, 6.45) is 0.00414. The van der Waals surface area contributed by atoms with Gasteiger partial charge >= 0.3 is 0 Å². The van der Waals surface area contributed by atoms with Crippen LogP contribution in [0, 0.1) is 0 Å². The van der Waals surface area contributed by atoms with Gasteiger partial charge < -0.3 is 14.9 Å². The minimum absolute atomic E-state index is 0.113. The molecule has 2 aliphatic heterocycles. The fraction of sp³-hybridized carbons (Fsp3) is 0.385. The first-order chi connectivity index (χ1) is 8.83. The van der Waals surface area contributed by atoms with Crippen molar-refractivity contribution in [3.05, 3.63) is 35.9 Å². The van der Waals surface area contributed by atoms with Crippen LogP contribution in [0.3, 0.4) is 0 Å². The summed E-state index contributed by atoms with van der Waals surface area (Å²) in [5.74, 6) is -0.113. The third-order valence-electron chi connectivity index (χ3n) is 3.05. The summed E-state index contributed by atoms with van der Waals surface area (Å²) < 4.78 is 5.00. The van der Waals surface area contributed by atoms with E-state index < -0.39 is 6.10 Å². The van der Waals surface area contributed by atoms with Crippen LogP contribution in [0.5, 0.6) is 0 Å². The monoisotopic (exact) mass is 246 g/mol. The Kier molecular flexibility index (Phi) is 2.98. The van der Waals surface area contributed by atoms with Gasteiger partial charge in [-0.1, -0.05) is 35.5 Å². The van der Waals surface area contributed by atoms with Crippen LogP contribution in [0.1, 0.15) is 12.0 Å². The molecule has 1 saturated heterocycles. The lowest BCUT2D eigenvalue weighted by Crippen LogP contribution is -2.51. The van der Waals surface area contributed by atoms with Crippen molar-refractivity contribution in [2.75, 3.05) is 13.2 Å². The molecule has 1 aromatic rings. The van der Waals surface area contributed by atoms with E-state index in [4.69, 9.17) is 9.57 Å². The van der Waals surface area contributed by atoms with Gasteiger partial charge in [0, 0.05) is 6.42 Å². The molecule has 18 heavy (non-hydrogen) atoms. The van der Waals surface area contributed by atoms with Gasteiger partial charge in [-0.2, -0.15) is 0 Å². The molecule has 0 radical (unpaired) electrons. The van der Waals surface area contributed by atoms with Gasteiger partial charge in [-0.25, -0.2) is 0 Å². The number of carbonyl (C=O) groups excluding carboxylic acids is 1. The predicted molar refractivity (Wildman–Crippen MR) is 65.2 cm³/mol. The number of ether oxygens (including phenoxy) is 1. The van der Waals surface area contributed by atoms with Crippen molar-refractivity contribution in [2.24, 2.45) is 5.16 Å². The Hall–Kier alpha value is -1.88. The van der Waals surface area contributed by atoms with E-state index >= 15 is 0 Å². The Morgan fingerprint density at radius 2 is 2.06 bits per heavy atom. The van der Waals surface area contributed by atoms with Gasteiger partial charge in [0.25, 0.3) is 5.91 Å². The second kappa shape index (κ2) is 4.78. The quantitative estimate of drug-likeness (QED) is 0.853. The van der Waals surface area contributed by atoms with E-state index in [9.17, 15) is 4.79 Å². The number of hydrogen-bond acceptors (Lipinski definition) is 4. The molecule has 0 aromatic heterocycles. The fourth-order valence-corrected chi connectivity index (χ4v) is 1.93. The molecule has 1 atom stereocenters. The number of amides is 1. The Morgan fingerprint density at radius 3 is 2.72 bits per heavy atom. The lowest BCUT2D eigenvalue weighted by Gasteiger charge is -2.27. The largest absolute Gasteiger partial charge is 0.382 e. The molecule has 1 amide bonds. The fourth-order valence-electron chi connectivity index (χ4n) is 1.93. The molecular weight excluding hydrogens is 232 g/mol. The summed E-state index contributed by atoms with van der Waals surface area (Å²) in [7, 11) is 0. The minimum Gasteiger partial charge on any atom is -0.382 e. The second-order valence-electron chi connectivity index (χ2n) is 4.45. The Bertz CT molecular complexity index is 468. The Morgan fingerprint density at radius 1 is 1.28 bits per heavy atom. The lowest BCUT2D eigenvalue weighted by molar-refractivity contribution is -0.135. The van der Waals surface area contributed by atoms with Gasteiger partial charge in [0.1, 0.15) is 0 Å². The SMILES string of the molecule is O=C(NC1COC1)C1CC(c2ccccc2)=NO1. The highest BCUT2D eigenvalue weighted by Crippen LogP contribution is 2.17. The first kappa shape index (κ1) is 11.2. The first-order valence-corrected chi connectivity index (χ1v) is 5.99. The third-order valence-corrected chi connectivity index (χ3v) is 3.05. The molecule has 2 heterocycles. The van der Waals surface area contributed by atoms with Gasteiger partial charge in [0.2, 0.25) is 6.10 Å².